The molecule has 4 heterocycles. The smallest absolute Gasteiger partial charge is 0.252 e. The van der Waals surface area contributed by atoms with Crippen LogP contribution in [0.15, 0.2) is 24.3 Å². The van der Waals surface area contributed by atoms with Gasteiger partial charge in [-0.25, -0.2) is 0 Å². The Kier molecular flexibility index (Phi) is 3.09. The summed E-state index contributed by atoms with van der Waals surface area (Å²) in [5.41, 5.74) is 1.92. The maximum atomic E-state index is 6.60. The third-order valence-electron chi connectivity index (χ3n) is 6.42. The summed E-state index contributed by atoms with van der Waals surface area (Å²) in [5, 5.41) is 0. The minimum Gasteiger partial charge on any atom is -0.454 e. The van der Waals surface area contributed by atoms with Crippen molar-refractivity contribution in [3.8, 4) is 34.5 Å². The van der Waals surface area contributed by atoms with Gasteiger partial charge in [-0.3, -0.25) is 0 Å². The van der Waals surface area contributed by atoms with E-state index < -0.39 is 5.79 Å². The predicted octanol–water partition coefficient (Wildman–Crippen LogP) is 4.66. The van der Waals surface area contributed by atoms with Crippen LogP contribution in [-0.2, 0) is 10.8 Å². The fraction of sp³-hybridized carbons (Fsp3) is 0.478. The van der Waals surface area contributed by atoms with Crippen molar-refractivity contribution in [2.24, 2.45) is 0 Å². The molecule has 0 saturated carbocycles. The molecular weight excluding hydrogens is 372 g/mol. The summed E-state index contributed by atoms with van der Waals surface area (Å²) in [4.78, 5) is 0. The molecule has 0 atom stereocenters. The topological polar surface area (TPSA) is 55.4 Å². The lowest BCUT2D eigenvalue weighted by atomic mass is 9.69. The molecule has 0 bridgehead atoms. The van der Waals surface area contributed by atoms with E-state index >= 15 is 0 Å². The molecule has 4 aliphatic heterocycles. The summed E-state index contributed by atoms with van der Waals surface area (Å²) in [5.74, 6) is 3.81. The molecule has 1 spiro atoms. The van der Waals surface area contributed by atoms with Crippen LogP contribution in [-0.4, -0.2) is 19.4 Å². The highest BCUT2D eigenvalue weighted by atomic mass is 16.7. The zero-order valence-electron chi connectivity index (χ0n) is 17.1. The summed E-state index contributed by atoms with van der Waals surface area (Å²) in [7, 11) is 0. The lowest BCUT2D eigenvalue weighted by Crippen LogP contribution is -2.55. The lowest BCUT2D eigenvalue weighted by Gasteiger charge is -2.51. The molecule has 0 aliphatic carbocycles. The number of ether oxygens (including phenoxy) is 6. The molecule has 6 heteroatoms. The average molecular weight is 396 g/mol. The number of rotatable bonds is 0. The Morgan fingerprint density at radius 3 is 1.34 bits per heavy atom. The quantitative estimate of drug-likeness (QED) is 0.646. The van der Waals surface area contributed by atoms with E-state index in [0.717, 1.165) is 58.5 Å². The van der Waals surface area contributed by atoms with Crippen molar-refractivity contribution < 1.29 is 28.4 Å². The van der Waals surface area contributed by atoms with Gasteiger partial charge in [0.1, 0.15) is 11.5 Å². The highest BCUT2D eigenvalue weighted by Gasteiger charge is 2.54. The van der Waals surface area contributed by atoms with Crippen molar-refractivity contribution >= 4 is 0 Å². The fourth-order valence-corrected chi connectivity index (χ4v) is 5.24. The molecule has 4 aliphatic rings. The maximum Gasteiger partial charge on any atom is 0.252 e. The van der Waals surface area contributed by atoms with E-state index in [4.69, 9.17) is 28.4 Å². The van der Waals surface area contributed by atoms with Crippen molar-refractivity contribution in [2.45, 2.75) is 57.2 Å². The molecular formula is C23H24O6. The standard InChI is InChI=1S/C23H24O6/c1-21(2)9-23(28-15-7-19-17(5-13(15)21)24-11-26-19)10-22(3,4)14-6-18-20(27-12-25-18)8-16(14)29-23/h5-8H,9-12H2,1-4H3. The number of fused-ring (bicyclic) bond motifs is 4. The molecule has 6 nitrogen and oxygen atoms in total. The first-order valence-electron chi connectivity index (χ1n) is 10.0. The minimum absolute atomic E-state index is 0.154. The molecule has 6 rings (SSSR count). The molecule has 152 valence electrons. The molecule has 2 aromatic rings. The van der Waals surface area contributed by atoms with Crippen LogP contribution in [0.4, 0.5) is 0 Å². The Morgan fingerprint density at radius 1 is 0.552 bits per heavy atom. The van der Waals surface area contributed by atoms with Gasteiger partial charge in [0.2, 0.25) is 13.6 Å². The Hall–Kier alpha value is -2.76. The summed E-state index contributed by atoms with van der Waals surface area (Å²) in [6.45, 7) is 9.39. The van der Waals surface area contributed by atoms with Crippen LogP contribution in [0.2, 0.25) is 0 Å². The Morgan fingerprint density at radius 2 is 0.931 bits per heavy atom. The van der Waals surface area contributed by atoms with Crippen LogP contribution in [0.5, 0.6) is 34.5 Å². The van der Waals surface area contributed by atoms with Crippen LogP contribution in [0.25, 0.3) is 0 Å². The van der Waals surface area contributed by atoms with Crippen molar-refractivity contribution in [1.82, 2.24) is 0 Å². The molecule has 0 N–H and O–H groups in total. The minimum atomic E-state index is -0.769. The highest BCUT2D eigenvalue weighted by Crippen LogP contribution is 2.56. The average Bonchev–Trinajstić information content (AvgIpc) is 3.25. The first-order chi connectivity index (χ1) is 13.7. The van der Waals surface area contributed by atoms with Gasteiger partial charge in [-0.05, 0) is 12.1 Å². The van der Waals surface area contributed by atoms with Crippen LogP contribution >= 0.6 is 0 Å². The van der Waals surface area contributed by atoms with Crippen molar-refractivity contribution in [3.05, 3.63) is 35.4 Å². The molecule has 0 aromatic heterocycles. The van der Waals surface area contributed by atoms with Crippen molar-refractivity contribution in [3.63, 3.8) is 0 Å². The summed E-state index contributed by atoms with van der Waals surface area (Å²) in [6.07, 6.45) is 1.45. The monoisotopic (exact) mass is 396 g/mol. The molecule has 2 aromatic carbocycles. The Labute approximate surface area is 169 Å². The normalized spacial score (nSPS) is 23.0. The first-order valence-corrected chi connectivity index (χ1v) is 10.0. The lowest BCUT2D eigenvalue weighted by molar-refractivity contribution is -0.166. The van der Waals surface area contributed by atoms with Crippen molar-refractivity contribution in [2.75, 3.05) is 13.6 Å². The van der Waals surface area contributed by atoms with Gasteiger partial charge in [0.15, 0.2) is 23.0 Å². The van der Waals surface area contributed by atoms with E-state index in [1.54, 1.807) is 0 Å². The van der Waals surface area contributed by atoms with Gasteiger partial charge in [0.25, 0.3) is 5.79 Å². The van der Waals surface area contributed by atoms with Crippen LogP contribution in [0.3, 0.4) is 0 Å². The van der Waals surface area contributed by atoms with E-state index in [1.807, 2.05) is 24.3 Å². The zero-order chi connectivity index (χ0) is 20.0. The second-order valence-corrected chi connectivity index (χ2v) is 9.64. The summed E-state index contributed by atoms with van der Waals surface area (Å²) in [6, 6.07) is 7.96. The van der Waals surface area contributed by atoms with Gasteiger partial charge < -0.3 is 28.4 Å². The SMILES string of the molecule is CC1(C)CC2(CC(C)(C)c3cc4c(cc3O2)OCO4)Oc2cc3c(cc21)OCO3. The van der Waals surface area contributed by atoms with E-state index in [0.29, 0.717) is 0 Å². The number of benzene rings is 2. The first kappa shape index (κ1) is 17.1. The van der Waals surface area contributed by atoms with Gasteiger partial charge >= 0.3 is 0 Å². The summed E-state index contributed by atoms with van der Waals surface area (Å²) >= 11 is 0. The van der Waals surface area contributed by atoms with Crippen molar-refractivity contribution in [1.29, 1.82) is 0 Å². The maximum absolute atomic E-state index is 6.60. The van der Waals surface area contributed by atoms with Crippen LogP contribution < -0.4 is 28.4 Å². The predicted molar refractivity (Wildman–Crippen MR) is 104 cm³/mol. The fourth-order valence-electron chi connectivity index (χ4n) is 5.24. The van der Waals surface area contributed by atoms with Gasteiger partial charge in [0.05, 0.1) is 0 Å². The molecule has 0 saturated heterocycles. The Balaban J connectivity index is 1.46. The molecule has 0 radical (unpaired) electrons. The third-order valence-corrected chi connectivity index (χ3v) is 6.42. The Bertz CT molecular complexity index is 955. The van der Waals surface area contributed by atoms with E-state index in [1.165, 1.54) is 0 Å². The molecule has 0 fully saturated rings. The second-order valence-electron chi connectivity index (χ2n) is 9.64. The van der Waals surface area contributed by atoms with Gasteiger partial charge in [-0.1, -0.05) is 27.7 Å². The van der Waals surface area contributed by atoms with Crippen LogP contribution in [0.1, 0.15) is 51.7 Å². The number of hydrogen-bond acceptors (Lipinski definition) is 6. The van der Waals surface area contributed by atoms with Gasteiger partial charge in [-0.2, -0.15) is 0 Å². The highest BCUT2D eigenvalue weighted by molar-refractivity contribution is 5.57. The van der Waals surface area contributed by atoms with E-state index in [-0.39, 0.29) is 24.4 Å². The van der Waals surface area contributed by atoms with Gasteiger partial charge in [0, 0.05) is 46.9 Å². The number of hydrogen-bond donors (Lipinski definition) is 0. The zero-order valence-corrected chi connectivity index (χ0v) is 17.1. The third kappa shape index (κ3) is 2.41. The van der Waals surface area contributed by atoms with Crippen LogP contribution in [0, 0.1) is 0 Å². The molecule has 0 unspecified atom stereocenters. The van der Waals surface area contributed by atoms with Gasteiger partial charge in [-0.15, -0.1) is 0 Å². The van der Waals surface area contributed by atoms with E-state index in [9.17, 15) is 0 Å². The molecule has 0 amide bonds. The second kappa shape index (κ2) is 5.23. The van der Waals surface area contributed by atoms with E-state index in [2.05, 4.69) is 27.7 Å². The summed E-state index contributed by atoms with van der Waals surface area (Å²) < 4.78 is 35.5. The molecule has 29 heavy (non-hydrogen) atoms. The largest absolute Gasteiger partial charge is 0.454 e.